The molecule has 6 aromatic rings. The summed E-state index contributed by atoms with van der Waals surface area (Å²) >= 11 is 0. The molecule has 164 valence electrons. The molecule has 4 aromatic heterocycles. The van der Waals surface area contributed by atoms with Gasteiger partial charge in [0, 0.05) is 39.8 Å². The SMILES string of the molecule is O=C(Cc1ccccc1)Nc1cncc(-c2cnc3n[nH]c(-c4cc5ccccc5[nH]4)c3c2)c1. The van der Waals surface area contributed by atoms with Crippen LogP contribution >= 0.6 is 0 Å². The topological polar surface area (TPSA) is 99.3 Å². The zero-order valence-electron chi connectivity index (χ0n) is 18.1. The van der Waals surface area contributed by atoms with Gasteiger partial charge in [-0.1, -0.05) is 48.5 Å². The number of para-hydroxylation sites is 1. The van der Waals surface area contributed by atoms with Gasteiger partial charge in [-0.3, -0.25) is 14.9 Å². The van der Waals surface area contributed by atoms with Gasteiger partial charge in [0.05, 0.1) is 29.7 Å². The van der Waals surface area contributed by atoms with Crippen molar-refractivity contribution in [2.45, 2.75) is 6.42 Å². The number of H-pyrrole nitrogens is 2. The van der Waals surface area contributed by atoms with Crippen molar-refractivity contribution in [3.05, 3.63) is 97.0 Å². The van der Waals surface area contributed by atoms with Crippen LogP contribution in [-0.2, 0) is 11.2 Å². The summed E-state index contributed by atoms with van der Waals surface area (Å²) in [6.07, 6.45) is 5.48. The monoisotopic (exact) mass is 444 g/mol. The van der Waals surface area contributed by atoms with Crippen molar-refractivity contribution in [2.75, 3.05) is 5.32 Å². The number of fused-ring (bicyclic) bond motifs is 2. The second-order valence-corrected chi connectivity index (χ2v) is 8.14. The van der Waals surface area contributed by atoms with Crippen LogP contribution in [0.4, 0.5) is 5.69 Å². The number of aromatic nitrogens is 5. The number of hydrogen-bond acceptors (Lipinski definition) is 4. The zero-order valence-corrected chi connectivity index (χ0v) is 18.1. The quantitative estimate of drug-likeness (QED) is 0.334. The molecule has 0 saturated heterocycles. The Bertz CT molecular complexity index is 1600. The van der Waals surface area contributed by atoms with Crippen LogP contribution in [0.1, 0.15) is 5.56 Å². The summed E-state index contributed by atoms with van der Waals surface area (Å²) in [5, 5.41) is 12.5. The molecule has 7 nitrogen and oxygen atoms in total. The van der Waals surface area contributed by atoms with Crippen LogP contribution in [-0.4, -0.2) is 31.1 Å². The molecule has 0 aliphatic heterocycles. The molecule has 3 N–H and O–H groups in total. The van der Waals surface area contributed by atoms with Gasteiger partial charge in [0.2, 0.25) is 5.91 Å². The van der Waals surface area contributed by atoms with E-state index in [1.54, 1.807) is 18.6 Å². The smallest absolute Gasteiger partial charge is 0.228 e. The van der Waals surface area contributed by atoms with E-state index in [2.05, 4.69) is 42.6 Å². The largest absolute Gasteiger partial charge is 0.353 e. The summed E-state index contributed by atoms with van der Waals surface area (Å²) in [5.41, 5.74) is 6.87. The number of rotatable bonds is 5. The highest BCUT2D eigenvalue weighted by Gasteiger charge is 2.13. The number of nitrogens with one attached hydrogen (secondary N) is 3. The first-order valence-electron chi connectivity index (χ1n) is 10.9. The van der Waals surface area contributed by atoms with Crippen molar-refractivity contribution < 1.29 is 4.79 Å². The standard InChI is InChI=1S/C27H20N6O/c34-25(10-17-6-2-1-3-7-17)30-21-11-19(14-28-16-21)20-12-22-26(32-33-27(22)29-15-20)24-13-18-8-4-5-9-23(18)31-24/h1-9,11-16,31H,10H2,(H,30,34)(H,29,32,33). The maximum atomic E-state index is 12.5. The number of hydrogen-bond donors (Lipinski definition) is 3. The fraction of sp³-hybridized carbons (Fsp3) is 0.0370. The average molecular weight is 444 g/mol. The molecule has 2 aromatic carbocycles. The summed E-state index contributed by atoms with van der Waals surface area (Å²) in [7, 11) is 0. The van der Waals surface area contributed by atoms with Crippen molar-refractivity contribution in [3.63, 3.8) is 0 Å². The molecule has 0 fully saturated rings. The van der Waals surface area contributed by atoms with Gasteiger partial charge in [0.15, 0.2) is 5.65 Å². The predicted octanol–water partition coefficient (Wildman–Crippen LogP) is 5.35. The molecule has 0 aliphatic carbocycles. The third-order valence-corrected chi connectivity index (χ3v) is 5.77. The highest BCUT2D eigenvalue weighted by Crippen LogP contribution is 2.31. The van der Waals surface area contributed by atoms with Gasteiger partial charge in [0.1, 0.15) is 0 Å². The van der Waals surface area contributed by atoms with E-state index >= 15 is 0 Å². The van der Waals surface area contributed by atoms with Crippen molar-refractivity contribution in [1.82, 2.24) is 25.1 Å². The van der Waals surface area contributed by atoms with Gasteiger partial charge in [-0.15, -0.1) is 0 Å². The van der Waals surface area contributed by atoms with Crippen molar-refractivity contribution in [1.29, 1.82) is 0 Å². The van der Waals surface area contributed by atoms with E-state index < -0.39 is 0 Å². The lowest BCUT2D eigenvalue weighted by molar-refractivity contribution is -0.115. The zero-order chi connectivity index (χ0) is 22.9. The molecule has 0 saturated carbocycles. The first kappa shape index (κ1) is 19.9. The van der Waals surface area contributed by atoms with Gasteiger partial charge >= 0.3 is 0 Å². The maximum absolute atomic E-state index is 12.5. The Morgan fingerprint density at radius 2 is 1.71 bits per heavy atom. The Balaban J connectivity index is 1.30. The number of anilines is 1. The number of aromatic amines is 2. The number of benzene rings is 2. The first-order chi connectivity index (χ1) is 16.7. The molecule has 0 radical (unpaired) electrons. The highest BCUT2D eigenvalue weighted by atomic mass is 16.1. The lowest BCUT2D eigenvalue weighted by Gasteiger charge is -2.07. The summed E-state index contributed by atoms with van der Waals surface area (Å²) in [6.45, 7) is 0. The summed E-state index contributed by atoms with van der Waals surface area (Å²) < 4.78 is 0. The van der Waals surface area contributed by atoms with Crippen LogP contribution < -0.4 is 5.32 Å². The minimum Gasteiger partial charge on any atom is -0.353 e. The molecular formula is C27H20N6O. The van der Waals surface area contributed by atoms with E-state index in [4.69, 9.17) is 0 Å². The number of carbonyl (C=O) groups excluding carboxylic acids is 1. The second-order valence-electron chi connectivity index (χ2n) is 8.14. The normalized spacial score (nSPS) is 11.2. The van der Waals surface area contributed by atoms with Crippen molar-refractivity contribution >= 4 is 33.5 Å². The Labute approximate surface area is 194 Å². The van der Waals surface area contributed by atoms with Gasteiger partial charge in [-0.05, 0) is 29.8 Å². The average Bonchev–Trinajstić information content (AvgIpc) is 3.48. The lowest BCUT2D eigenvalue weighted by atomic mass is 10.1. The molecule has 7 heteroatoms. The summed E-state index contributed by atoms with van der Waals surface area (Å²) in [6, 6.07) is 23.8. The van der Waals surface area contributed by atoms with E-state index in [1.807, 2.05) is 60.7 Å². The van der Waals surface area contributed by atoms with Gasteiger partial charge in [-0.2, -0.15) is 5.10 Å². The summed E-state index contributed by atoms with van der Waals surface area (Å²) in [5.74, 6) is -0.0883. The number of carbonyl (C=O) groups is 1. The van der Waals surface area contributed by atoms with Crippen LogP contribution in [0.15, 0.2) is 91.4 Å². The van der Waals surface area contributed by atoms with Crippen molar-refractivity contribution in [2.24, 2.45) is 0 Å². The molecule has 1 amide bonds. The molecule has 34 heavy (non-hydrogen) atoms. The van der Waals surface area contributed by atoms with Gasteiger partial charge in [0.25, 0.3) is 0 Å². The van der Waals surface area contributed by atoms with Crippen LogP contribution in [0.3, 0.4) is 0 Å². The molecule has 0 bridgehead atoms. The van der Waals surface area contributed by atoms with Crippen LogP contribution in [0, 0.1) is 0 Å². The van der Waals surface area contributed by atoms with E-state index in [1.165, 1.54) is 0 Å². The molecule has 0 aliphatic rings. The summed E-state index contributed by atoms with van der Waals surface area (Å²) in [4.78, 5) is 24.8. The number of pyridine rings is 2. The number of amides is 1. The van der Waals surface area contributed by atoms with Crippen LogP contribution in [0.5, 0.6) is 0 Å². The molecule has 0 unspecified atom stereocenters. The fourth-order valence-corrected chi connectivity index (χ4v) is 4.12. The van der Waals surface area contributed by atoms with Crippen LogP contribution in [0.2, 0.25) is 0 Å². The first-order valence-corrected chi connectivity index (χ1v) is 10.9. The molecule has 4 heterocycles. The Morgan fingerprint density at radius 1 is 0.882 bits per heavy atom. The van der Waals surface area contributed by atoms with Gasteiger partial charge < -0.3 is 10.3 Å². The maximum Gasteiger partial charge on any atom is 0.228 e. The van der Waals surface area contributed by atoms with E-state index in [9.17, 15) is 4.79 Å². The lowest BCUT2D eigenvalue weighted by Crippen LogP contribution is -2.14. The predicted molar refractivity (Wildman–Crippen MR) is 133 cm³/mol. The van der Waals surface area contributed by atoms with Crippen LogP contribution in [0.25, 0.3) is 44.5 Å². The Morgan fingerprint density at radius 3 is 2.59 bits per heavy atom. The third-order valence-electron chi connectivity index (χ3n) is 5.77. The molecular weight excluding hydrogens is 424 g/mol. The van der Waals surface area contributed by atoms with E-state index in [0.717, 1.165) is 44.4 Å². The number of nitrogens with zero attached hydrogens (tertiary/aromatic N) is 3. The van der Waals surface area contributed by atoms with Crippen molar-refractivity contribution in [3.8, 4) is 22.5 Å². The van der Waals surface area contributed by atoms with E-state index in [-0.39, 0.29) is 5.91 Å². The fourth-order valence-electron chi connectivity index (χ4n) is 4.12. The van der Waals surface area contributed by atoms with E-state index in [0.29, 0.717) is 17.8 Å². The minimum atomic E-state index is -0.0883. The Kier molecular flexibility index (Phi) is 4.85. The minimum absolute atomic E-state index is 0.0883. The second kappa shape index (κ2) is 8.29. The highest BCUT2D eigenvalue weighted by molar-refractivity contribution is 5.96. The third kappa shape index (κ3) is 3.80. The molecule has 0 spiro atoms. The molecule has 0 atom stereocenters. The Hall–Kier alpha value is -4.78. The van der Waals surface area contributed by atoms with Gasteiger partial charge in [-0.25, -0.2) is 4.98 Å². The molecule has 6 rings (SSSR count).